The van der Waals surface area contributed by atoms with Crippen LogP contribution < -0.4 is 5.32 Å². The summed E-state index contributed by atoms with van der Waals surface area (Å²) in [4.78, 5) is 0. The number of hydrogen-bond acceptors (Lipinski definition) is 4. The molecule has 0 aromatic carbocycles. The molecule has 1 aromatic rings. The van der Waals surface area contributed by atoms with E-state index in [1.54, 1.807) is 0 Å². The highest BCUT2D eigenvalue weighted by molar-refractivity contribution is 7.90. The quantitative estimate of drug-likeness (QED) is 0.779. The maximum atomic E-state index is 11.2. The largest absolute Gasteiger partial charge is 0.316 e. The normalized spacial score (nSPS) is 11.9. The number of aromatic nitrogens is 2. The molecular formula is C11H21N3O2S. The molecule has 98 valence electrons. The Bertz CT molecular complexity index is 451. The van der Waals surface area contributed by atoms with Crippen LogP contribution in [0.3, 0.4) is 0 Å². The average Bonchev–Trinajstić information content (AvgIpc) is 2.59. The standard InChI is InChI=1S/C11H21N3O2S/c1-4-5-11-10(8-12-2)9-13-14(11)6-7-17(3,15)16/h9,12H,4-8H2,1-3H3. The monoisotopic (exact) mass is 259 g/mol. The van der Waals surface area contributed by atoms with Gasteiger partial charge in [0.25, 0.3) is 0 Å². The van der Waals surface area contributed by atoms with E-state index in [1.165, 1.54) is 6.26 Å². The fourth-order valence-corrected chi connectivity index (χ4v) is 2.26. The molecule has 0 atom stereocenters. The van der Waals surface area contributed by atoms with E-state index in [9.17, 15) is 8.42 Å². The first-order valence-electron chi connectivity index (χ1n) is 5.83. The molecule has 0 saturated carbocycles. The third kappa shape index (κ3) is 4.47. The van der Waals surface area contributed by atoms with Gasteiger partial charge in [-0.25, -0.2) is 8.42 Å². The summed E-state index contributed by atoms with van der Waals surface area (Å²) < 4.78 is 24.1. The molecule has 0 aliphatic carbocycles. The number of sulfone groups is 1. The van der Waals surface area contributed by atoms with Gasteiger partial charge in [0, 0.05) is 24.1 Å². The van der Waals surface area contributed by atoms with E-state index in [0.29, 0.717) is 6.54 Å². The topological polar surface area (TPSA) is 64.0 Å². The van der Waals surface area contributed by atoms with E-state index in [1.807, 2.05) is 17.9 Å². The van der Waals surface area contributed by atoms with E-state index in [2.05, 4.69) is 17.3 Å². The summed E-state index contributed by atoms with van der Waals surface area (Å²) in [5, 5.41) is 7.37. The van der Waals surface area contributed by atoms with Crippen LogP contribution in [0.2, 0.25) is 0 Å². The Morgan fingerprint density at radius 1 is 1.47 bits per heavy atom. The van der Waals surface area contributed by atoms with E-state index < -0.39 is 9.84 Å². The molecule has 6 heteroatoms. The van der Waals surface area contributed by atoms with Crippen molar-refractivity contribution < 1.29 is 8.42 Å². The van der Waals surface area contributed by atoms with Crippen molar-refractivity contribution in [3.05, 3.63) is 17.5 Å². The zero-order valence-electron chi connectivity index (χ0n) is 10.7. The summed E-state index contributed by atoms with van der Waals surface area (Å²) in [7, 11) is -1.04. The Morgan fingerprint density at radius 3 is 2.71 bits per heavy atom. The SMILES string of the molecule is CCCc1c(CNC)cnn1CCS(C)(=O)=O. The molecule has 0 radical (unpaired) electrons. The van der Waals surface area contributed by atoms with Gasteiger partial charge in [-0.3, -0.25) is 4.68 Å². The second-order valence-electron chi connectivity index (χ2n) is 4.25. The predicted octanol–water partition coefficient (Wildman–Crippen LogP) is 0.600. The van der Waals surface area contributed by atoms with Gasteiger partial charge in [-0.15, -0.1) is 0 Å². The van der Waals surface area contributed by atoms with Crippen LogP contribution in [0.25, 0.3) is 0 Å². The molecule has 0 unspecified atom stereocenters. The zero-order chi connectivity index (χ0) is 12.9. The fraction of sp³-hybridized carbons (Fsp3) is 0.727. The van der Waals surface area contributed by atoms with Crippen molar-refractivity contribution in [2.45, 2.75) is 32.9 Å². The van der Waals surface area contributed by atoms with E-state index in [4.69, 9.17) is 0 Å². The minimum atomic E-state index is -2.93. The molecule has 1 aromatic heterocycles. The molecule has 0 fully saturated rings. The summed E-state index contributed by atoms with van der Waals surface area (Å²) >= 11 is 0. The van der Waals surface area contributed by atoms with Gasteiger partial charge < -0.3 is 5.32 Å². The van der Waals surface area contributed by atoms with Gasteiger partial charge in [-0.1, -0.05) is 13.3 Å². The first kappa shape index (κ1) is 14.2. The van der Waals surface area contributed by atoms with Crippen molar-refractivity contribution >= 4 is 9.84 Å². The number of nitrogens with zero attached hydrogens (tertiary/aromatic N) is 2. The van der Waals surface area contributed by atoms with Crippen LogP contribution in [0.1, 0.15) is 24.6 Å². The Labute approximate surface area is 103 Å². The molecule has 1 heterocycles. The van der Waals surface area contributed by atoms with Crippen molar-refractivity contribution in [3.63, 3.8) is 0 Å². The van der Waals surface area contributed by atoms with Crippen LogP contribution in [-0.2, 0) is 29.3 Å². The molecule has 0 amide bonds. The summed E-state index contributed by atoms with van der Waals surface area (Å²) in [5.74, 6) is 0.143. The highest BCUT2D eigenvalue weighted by atomic mass is 32.2. The first-order valence-corrected chi connectivity index (χ1v) is 7.90. The second-order valence-corrected chi connectivity index (χ2v) is 6.51. The highest BCUT2D eigenvalue weighted by Gasteiger charge is 2.11. The highest BCUT2D eigenvalue weighted by Crippen LogP contribution is 2.11. The molecule has 0 bridgehead atoms. The summed E-state index contributed by atoms with van der Waals surface area (Å²) in [6.45, 7) is 3.32. The zero-order valence-corrected chi connectivity index (χ0v) is 11.5. The Hall–Kier alpha value is -0.880. The lowest BCUT2D eigenvalue weighted by Crippen LogP contribution is -2.15. The summed E-state index contributed by atoms with van der Waals surface area (Å²) in [5.41, 5.74) is 2.30. The predicted molar refractivity (Wildman–Crippen MR) is 68.7 cm³/mol. The lowest BCUT2D eigenvalue weighted by Gasteiger charge is -2.08. The van der Waals surface area contributed by atoms with Crippen molar-refractivity contribution in [1.82, 2.24) is 15.1 Å². The molecular weight excluding hydrogens is 238 g/mol. The van der Waals surface area contributed by atoms with Crippen LogP contribution in [0, 0.1) is 0 Å². The maximum Gasteiger partial charge on any atom is 0.149 e. The molecule has 1 N–H and O–H groups in total. The van der Waals surface area contributed by atoms with Crippen molar-refractivity contribution in [2.75, 3.05) is 19.1 Å². The van der Waals surface area contributed by atoms with Gasteiger partial charge in [-0.2, -0.15) is 5.10 Å². The molecule has 5 nitrogen and oxygen atoms in total. The van der Waals surface area contributed by atoms with Gasteiger partial charge in [0.15, 0.2) is 0 Å². The number of rotatable bonds is 7. The van der Waals surface area contributed by atoms with E-state index in [0.717, 1.165) is 30.6 Å². The van der Waals surface area contributed by atoms with Gasteiger partial charge >= 0.3 is 0 Å². The minimum Gasteiger partial charge on any atom is -0.316 e. The second kappa shape index (κ2) is 6.16. The Balaban J connectivity index is 2.83. The molecule has 17 heavy (non-hydrogen) atoms. The molecule has 1 rings (SSSR count). The van der Waals surface area contributed by atoms with Gasteiger partial charge in [0.1, 0.15) is 9.84 Å². The minimum absolute atomic E-state index is 0.143. The first-order chi connectivity index (χ1) is 7.98. The molecule has 0 aliphatic heterocycles. The van der Waals surface area contributed by atoms with E-state index in [-0.39, 0.29) is 5.75 Å². The number of hydrogen-bond donors (Lipinski definition) is 1. The lowest BCUT2D eigenvalue weighted by molar-refractivity contribution is 0.575. The third-order valence-electron chi connectivity index (χ3n) is 2.56. The maximum absolute atomic E-state index is 11.2. The fourth-order valence-electron chi connectivity index (χ4n) is 1.76. The van der Waals surface area contributed by atoms with Gasteiger partial charge in [0.05, 0.1) is 18.5 Å². The Kier molecular flexibility index (Phi) is 5.14. The third-order valence-corrected chi connectivity index (χ3v) is 3.49. The Morgan fingerprint density at radius 2 is 2.18 bits per heavy atom. The van der Waals surface area contributed by atoms with Crippen LogP contribution in [0.4, 0.5) is 0 Å². The molecule has 0 saturated heterocycles. The van der Waals surface area contributed by atoms with Crippen LogP contribution in [0.5, 0.6) is 0 Å². The molecule has 0 spiro atoms. The van der Waals surface area contributed by atoms with Gasteiger partial charge in [-0.05, 0) is 13.5 Å². The summed E-state index contributed by atoms with van der Waals surface area (Å²) in [6, 6.07) is 0. The average molecular weight is 259 g/mol. The van der Waals surface area contributed by atoms with Crippen molar-refractivity contribution in [3.8, 4) is 0 Å². The van der Waals surface area contributed by atoms with Crippen molar-refractivity contribution in [1.29, 1.82) is 0 Å². The van der Waals surface area contributed by atoms with Crippen LogP contribution >= 0.6 is 0 Å². The smallest absolute Gasteiger partial charge is 0.149 e. The summed E-state index contributed by atoms with van der Waals surface area (Å²) in [6.07, 6.45) is 5.04. The number of nitrogens with one attached hydrogen (secondary N) is 1. The van der Waals surface area contributed by atoms with E-state index >= 15 is 0 Å². The number of aryl methyl sites for hydroxylation is 1. The van der Waals surface area contributed by atoms with Gasteiger partial charge in [0.2, 0.25) is 0 Å². The molecule has 0 aliphatic rings. The van der Waals surface area contributed by atoms with Crippen molar-refractivity contribution in [2.24, 2.45) is 0 Å². The van der Waals surface area contributed by atoms with Crippen LogP contribution in [0.15, 0.2) is 6.20 Å². The lowest BCUT2D eigenvalue weighted by atomic mass is 10.1. The van der Waals surface area contributed by atoms with Crippen LogP contribution in [-0.4, -0.2) is 37.3 Å².